The number of fused-ring (bicyclic) bond motifs is 1. The number of sulfone groups is 1. The molecule has 0 aliphatic heterocycles. The highest BCUT2D eigenvalue weighted by molar-refractivity contribution is 7.91. The van der Waals surface area contributed by atoms with Crippen LogP contribution in [0.3, 0.4) is 0 Å². The Morgan fingerprint density at radius 2 is 2.05 bits per heavy atom. The van der Waals surface area contributed by atoms with Crippen LogP contribution in [-0.4, -0.2) is 29.5 Å². The molecule has 0 aliphatic carbocycles. The minimum Gasteiger partial charge on any atom is -0.298 e. The summed E-state index contributed by atoms with van der Waals surface area (Å²) in [7, 11) is -3.22. The van der Waals surface area contributed by atoms with Gasteiger partial charge in [-0.1, -0.05) is 19.9 Å². The lowest BCUT2D eigenvalue weighted by atomic mass is 10.2. The molecule has 114 valence electrons. The summed E-state index contributed by atoms with van der Waals surface area (Å²) in [5, 5.41) is 0.152. The molecule has 2 rings (SSSR count). The third-order valence-corrected chi connectivity index (χ3v) is 5.01. The minimum atomic E-state index is -3.22. The molecule has 0 atom stereocenters. The van der Waals surface area contributed by atoms with Gasteiger partial charge < -0.3 is 0 Å². The predicted octanol–water partition coefficient (Wildman–Crippen LogP) is 1.61. The van der Waals surface area contributed by atoms with Crippen molar-refractivity contribution in [1.82, 2.24) is 9.55 Å². The Labute approximate surface area is 122 Å². The number of rotatable bonds is 5. The first-order valence-electron chi connectivity index (χ1n) is 6.64. The molecular weight excluding hydrogens is 295 g/mol. The maximum atomic E-state index is 13.5. The number of hydrogen-bond donors (Lipinski definition) is 0. The molecule has 0 saturated heterocycles. The van der Waals surface area contributed by atoms with E-state index in [4.69, 9.17) is 0 Å². The average molecular weight is 312 g/mol. The second-order valence-corrected chi connectivity index (χ2v) is 7.62. The molecule has 21 heavy (non-hydrogen) atoms. The largest absolute Gasteiger partial charge is 0.298 e. The maximum Gasteiger partial charge on any atom is 0.261 e. The monoisotopic (exact) mass is 312 g/mol. The molecule has 1 heterocycles. The van der Waals surface area contributed by atoms with Crippen molar-refractivity contribution in [2.45, 2.75) is 20.4 Å². The van der Waals surface area contributed by atoms with Gasteiger partial charge in [0.05, 0.1) is 23.2 Å². The summed E-state index contributed by atoms with van der Waals surface area (Å²) in [4.78, 5) is 16.1. The van der Waals surface area contributed by atoms with E-state index in [1.807, 2.05) is 13.8 Å². The Hall–Kier alpha value is -1.76. The van der Waals surface area contributed by atoms with Crippen LogP contribution in [-0.2, 0) is 16.4 Å². The van der Waals surface area contributed by atoms with Crippen molar-refractivity contribution in [1.29, 1.82) is 0 Å². The summed E-state index contributed by atoms with van der Waals surface area (Å²) in [5.74, 6) is -0.579. The van der Waals surface area contributed by atoms with Gasteiger partial charge in [0.15, 0.2) is 9.84 Å². The molecule has 0 spiro atoms. The Morgan fingerprint density at radius 3 is 2.71 bits per heavy atom. The van der Waals surface area contributed by atoms with E-state index in [2.05, 4.69) is 4.98 Å². The molecular formula is C14H17FN2O3S. The fraction of sp³-hybridized carbons (Fsp3) is 0.429. The minimum absolute atomic E-state index is 0.00351. The summed E-state index contributed by atoms with van der Waals surface area (Å²) in [5.41, 5.74) is -0.428. The van der Waals surface area contributed by atoms with Crippen LogP contribution < -0.4 is 5.56 Å². The van der Waals surface area contributed by atoms with Crippen LogP contribution in [0.25, 0.3) is 10.9 Å². The Bertz CT molecular complexity index is 813. The van der Waals surface area contributed by atoms with Gasteiger partial charge >= 0.3 is 0 Å². The van der Waals surface area contributed by atoms with Crippen molar-refractivity contribution >= 4 is 20.7 Å². The van der Waals surface area contributed by atoms with Crippen LogP contribution in [0.1, 0.15) is 13.8 Å². The van der Waals surface area contributed by atoms with Crippen LogP contribution in [0.15, 0.2) is 29.3 Å². The first-order chi connectivity index (χ1) is 9.80. The normalized spacial score (nSPS) is 12.2. The molecule has 1 aromatic carbocycles. The molecule has 0 N–H and O–H groups in total. The molecule has 5 nitrogen and oxygen atoms in total. The second kappa shape index (κ2) is 5.93. The third kappa shape index (κ3) is 3.66. The van der Waals surface area contributed by atoms with E-state index in [0.29, 0.717) is 0 Å². The van der Waals surface area contributed by atoms with Crippen LogP contribution in [0, 0.1) is 11.7 Å². The van der Waals surface area contributed by atoms with Crippen LogP contribution >= 0.6 is 0 Å². The Morgan fingerprint density at radius 1 is 1.33 bits per heavy atom. The first-order valence-corrected chi connectivity index (χ1v) is 8.46. The van der Waals surface area contributed by atoms with Gasteiger partial charge in [-0.05, 0) is 18.1 Å². The van der Waals surface area contributed by atoms with Gasteiger partial charge in [-0.25, -0.2) is 17.8 Å². The van der Waals surface area contributed by atoms with Crippen LogP contribution in [0.2, 0.25) is 0 Å². The summed E-state index contributed by atoms with van der Waals surface area (Å²) in [6, 6.07) is 4.14. The molecule has 1 aromatic heterocycles. The van der Waals surface area contributed by atoms with E-state index in [-0.39, 0.29) is 34.9 Å². The zero-order valence-electron chi connectivity index (χ0n) is 11.9. The Balaban J connectivity index is 2.29. The van der Waals surface area contributed by atoms with Crippen molar-refractivity contribution in [3.8, 4) is 0 Å². The predicted molar refractivity (Wildman–Crippen MR) is 79.5 cm³/mol. The number of aromatic nitrogens is 2. The highest BCUT2D eigenvalue weighted by Crippen LogP contribution is 2.10. The van der Waals surface area contributed by atoms with E-state index < -0.39 is 21.2 Å². The number of halogens is 1. The quantitative estimate of drug-likeness (QED) is 0.841. The van der Waals surface area contributed by atoms with E-state index in [9.17, 15) is 17.6 Å². The number of nitrogens with zero attached hydrogens (tertiary/aromatic N) is 2. The van der Waals surface area contributed by atoms with E-state index >= 15 is 0 Å². The molecule has 0 unspecified atom stereocenters. The van der Waals surface area contributed by atoms with Crippen molar-refractivity contribution in [3.05, 3.63) is 40.7 Å². The van der Waals surface area contributed by atoms with Gasteiger partial charge in [0.2, 0.25) is 0 Å². The fourth-order valence-electron chi connectivity index (χ4n) is 2.14. The number of para-hydroxylation sites is 1. The Kier molecular flexibility index (Phi) is 4.41. The van der Waals surface area contributed by atoms with Gasteiger partial charge in [-0.15, -0.1) is 0 Å². The van der Waals surface area contributed by atoms with E-state index in [1.165, 1.54) is 29.1 Å². The molecule has 0 radical (unpaired) electrons. The molecule has 2 aromatic rings. The maximum absolute atomic E-state index is 13.5. The van der Waals surface area contributed by atoms with Gasteiger partial charge in [-0.3, -0.25) is 9.36 Å². The third-order valence-electron chi connectivity index (χ3n) is 3.03. The molecule has 0 saturated carbocycles. The highest BCUT2D eigenvalue weighted by Gasteiger charge is 2.14. The molecule has 0 amide bonds. The van der Waals surface area contributed by atoms with E-state index in [0.717, 1.165) is 0 Å². The van der Waals surface area contributed by atoms with Crippen LogP contribution in [0.5, 0.6) is 0 Å². The molecule has 0 bridgehead atoms. The zero-order chi connectivity index (χ0) is 15.6. The van der Waals surface area contributed by atoms with Crippen LogP contribution in [0.4, 0.5) is 4.39 Å². The van der Waals surface area contributed by atoms with Gasteiger partial charge in [0.1, 0.15) is 11.3 Å². The topological polar surface area (TPSA) is 69.0 Å². The van der Waals surface area contributed by atoms with Crippen molar-refractivity contribution in [3.63, 3.8) is 0 Å². The number of aryl methyl sites for hydroxylation is 1. The zero-order valence-corrected chi connectivity index (χ0v) is 12.7. The molecule has 0 aliphatic rings. The number of hydrogen-bond acceptors (Lipinski definition) is 4. The van der Waals surface area contributed by atoms with Gasteiger partial charge in [0, 0.05) is 6.54 Å². The van der Waals surface area contributed by atoms with Gasteiger partial charge in [-0.2, -0.15) is 0 Å². The summed E-state index contributed by atoms with van der Waals surface area (Å²) >= 11 is 0. The number of benzene rings is 1. The SMILES string of the molecule is CC(C)CS(=O)(=O)CCn1cnc2c(F)cccc2c1=O. The lowest BCUT2D eigenvalue weighted by Crippen LogP contribution is -2.26. The van der Waals surface area contributed by atoms with Crippen molar-refractivity contribution in [2.75, 3.05) is 11.5 Å². The molecule has 7 heteroatoms. The van der Waals surface area contributed by atoms with Gasteiger partial charge in [0.25, 0.3) is 5.56 Å². The van der Waals surface area contributed by atoms with Crippen molar-refractivity contribution in [2.24, 2.45) is 5.92 Å². The fourth-order valence-corrected chi connectivity index (χ4v) is 3.80. The van der Waals surface area contributed by atoms with E-state index in [1.54, 1.807) is 0 Å². The highest BCUT2D eigenvalue weighted by atomic mass is 32.2. The average Bonchev–Trinajstić information content (AvgIpc) is 2.37. The summed E-state index contributed by atoms with van der Waals surface area (Å²) < 4.78 is 38.4. The standard InChI is InChI=1S/C14H17FN2O3S/c1-10(2)8-21(19,20)7-6-17-9-16-13-11(14(17)18)4-3-5-12(13)15/h3-5,9-10H,6-8H2,1-2H3. The summed E-state index contributed by atoms with van der Waals surface area (Å²) in [6.07, 6.45) is 1.19. The molecule has 0 fully saturated rings. The summed E-state index contributed by atoms with van der Waals surface area (Å²) in [6.45, 7) is 3.67. The smallest absolute Gasteiger partial charge is 0.261 e. The lowest BCUT2D eigenvalue weighted by molar-refractivity contribution is 0.573. The second-order valence-electron chi connectivity index (χ2n) is 5.39. The lowest BCUT2D eigenvalue weighted by Gasteiger charge is -2.09. The van der Waals surface area contributed by atoms with Crippen molar-refractivity contribution < 1.29 is 12.8 Å². The first kappa shape index (κ1) is 15.6.